The zero-order chi connectivity index (χ0) is 20.4. The molecule has 0 bridgehead atoms. The van der Waals surface area contributed by atoms with Gasteiger partial charge in [0.2, 0.25) is 11.8 Å². The highest BCUT2D eigenvalue weighted by Crippen LogP contribution is 2.30. The van der Waals surface area contributed by atoms with Gasteiger partial charge in [-0.15, -0.1) is 0 Å². The van der Waals surface area contributed by atoms with Gasteiger partial charge >= 0.3 is 5.97 Å². The maximum atomic E-state index is 12.6. The second-order valence-corrected chi connectivity index (χ2v) is 7.79. The second-order valence-electron chi connectivity index (χ2n) is 7.79. The maximum absolute atomic E-state index is 12.6. The molecular formula is C23H33NO4. The van der Waals surface area contributed by atoms with Crippen LogP contribution >= 0.6 is 0 Å². The second kappa shape index (κ2) is 11.6. The molecule has 0 saturated carbocycles. The lowest BCUT2D eigenvalue weighted by Crippen LogP contribution is -2.30. The first kappa shape index (κ1) is 22.1. The molecule has 1 aromatic carbocycles. The van der Waals surface area contributed by atoms with Crippen molar-refractivity contribution in [1.29, 1.82) is 0 Å². The fraction of sp³-hybridized carbons (Fsp3) is 0.609. The van der Waals surface area contributed by atoms with Crippen LogP contribution in [-0.4, -0.2) is 22.9 Å². The first-order valence-electron chi connectivity index (χ1n) is 10.7. The largest absolute Gasteiger partial charge is 0.478 e. The number of carboxylic acids is 1. The summed E-state index contributed by atoms with van der Waals surface area (Å²) in [5.41, 5.74) is 0.441. The molecule has 1 heterocycles. The Morgan fingerprint density at radius 1 is 1.00 bits per heavy atom. The van der Waals surface area contributed by atoms with Gasteiger partial charge in [-0.3, -0.25) is 14.5 Å². The van der Waals surface area contributed by atoms with E-state index >= 15 is 0 Å². The standard InChI is InChI=1S/C23H33NO4/c1-2-3-4-5-6-7-8-9-10-11-13-18-17-21(25)24(22(18)26)20-15-12-14-19(16-20)23(27)28/h12,14-16,18H,2-11,13,17H2,1H3,(H,27,28). The number of carbonyl (C=O) groups excluding carboxylic acids is 2. The van der Waals surface area contributed by atoms with Crippen LogP contribution in [0.4, 0.5) is 5.69 Å². The number of carbonyl (C=O) groups is 3. The normalized spacial score (nSPS) is 16.8. The molecule has 1 fully saturated rings. The van der Waals surface area contributed by atoms with Crippen LogP contribution in [0.25, 0.3) is 0 Å². The highest BCUT2D eigenvalue weighted by Gasteiger charge is 2.39. The molecular weight excluding hydrogens is 354 g/mol. The van der Waals surface area contributed by atoms with Crippen molar-refractivity contribution in [2.24, 2.45) is 5.92 Å². The highest BCUT2D eigenvalue weighted by atomic mass is 16.4. The van der Waals surface area contributed by atoms with E-state index in [1.165, 1.54) is 63.5 Å². The number of imide groups is 1. The number of nitrogens with zero attached hydrogens (tertiary/aromatic N) is 1. The third-order valence-corrected chi connectivity index (χ3v) is 5.50. The van der Waals surface area contributed by atoms with Crippen molar-refractivity contribution < 1.29 is 19.5 Å². The number of hydrogen-bond acceptors (Lipinski definition) is 3. The Labute approximate surface area is 168 Å². The monoisotopic (exact) mass is 387 g/mol. The molecule has 28 heavy (non-hydrogen) atoms. The van der Waals surface area contributed by atoms with E-state index in [4.69, 9.17) is 5.11 Å². The summed E-state index contributed by atoms with van der Waals surface area (Å²) < 4.78 is 0. The van der Waals surface area contributed by atoms with Crippen LogP contribution in [0.3, 0.4) is 0 Å². The molecule has 1 aliphatic rings. The lowest BCUT2D eigenvalue weighted by molar-refractivity contribution is -0.122. The van der Waals surface area contributed by atoms with E-state index in [1.54, 1.807) is 12.1 Å². The molecule has 154 valence electrons. The third kappa shape index (κ3) is 6.47. The summed E-state index contributed by atoms with van der Waals surface area (Å²) in [6, 6.07) is 6.03. The third-order valence-electron chi connectivity index (χ3n) is 5.50. The van der Waals surface area contributed by atoms with E-state index in [9.17, 15) is 14.4 Å². The van der Waals surface area contributed by atoms with Gasteiger partial charge in [-0.05, 0) is 24.6 Å². The van der Waals surface area contributed by atoms with Gasteiger partial charge in [0.15, 0.2) is 0 Å². The molecule has 1 unspecified atom stereocenters. The molecule has 1 atom stereocenters. The number of amides is 2. The van der Waals surface area contributed by atoms with E-state index in [0.717, 1.165) is 24.2 Å². The van der Waals surface area contributed by atoms with Gasteiger partial charge in [-0.1, -0.05) is 77.2 Å². The summed E-state index contributed by atoms with van der Waals surface area (Å²) in [6.45, 7) is 2.23. The average Bonchev–Trinajstić information content (AvgIpc) is 2.96. The van der Waals surface area contributed by atoms with Crippen molar-refractivity contribution in [2.75, 3.05) is 4.90 Å². The summed E-state index contributed by atoms with van der Waals surface area (Å²) in [7, 11) is 0. The van der Waals surface area contributed by atoms with Gasteiger partial charge in [0.25, 0.3) is 0 Å². The van der Waals surface area contributed by atoms with E-state index in [0.29, 0.717) is 5.69 Å². The number of anilines is 1. The molecule has 5 nitrogen and oxygen atoms in total. The fourth-order valence-corrected chi connectivity index (χ4v) is 3.85. The van der Waals surface area contributed by atoms with E-state index < -0.39 is 5.97 Å². The number of rotatable bonds is 13. The number of benzene rings is 1. The first-order chi connectivity index (χ1) is 13.5. The minimum Gasteiger partial charge on any atom is -0.478 e. The number of aromatic carboxylic acids is 1. The first-order valence-corrected chi connectivity index (χ1v) is 10.7. The maximum Gasteiger partial charge on any atom is 0.335 e. The van der Waals surface area contributed by atoms with Crippen LogP contribution in [0.2, 0.25) is 0 Å². The van der Waals surface area contributed by atoms with Crippen LogP contribution in [0.5, 0.6) is 0 Å². The molecule has 2 amide bonds. The van der Waals surface area contributed by atoms with Crippen molar-refractivity contribution in [3.8, 4) is 0 Å². The number of unbranched alkanes of at least 4 members (excludes halogenated alkanes) is 9. The Morgan fingerprint density at radius 2 is 1.61 bits per heavy atom. The smallest absolute Gasteiger partial charge is 0.335 e. The van der Waals surface area contributed by atoms with Crippen molar-refractivity contribution >= 4 is 23.5 Å². The van der Waals surface area contributed by atoms with Gasteiger partial charge in [0.05, 0.1) is 11.3 Å². The molecule has 0 aromatic heterocycles. The lowest BCUT2D eigenvalue weighted by Gasteiger charge is -2.15. The fourth-order valence-electron chi connectivity index (χ4n) is 3.85. The van der Waals surface area contributed by atoms with Gasteiger partial charge in [-0.2, -0.15) is 0 Å². The van der Waals surface area contributed by atoms with Crippen LogP contribution in [-0.2, 0) is 9.59 Å². The summed E-state index contributed by atoms with van der Waals surface area (Å²) in [5, 5.41) is 9.11. The highest BCUT2D eigenvalue weighted by molar-refractivity contribution is 6.21. The molecule has 0 aliphatic carbocycles. The Bertz CT molecular complexity index is 670. The molecule has 0 radical (unpaired) electrons. The summed E-state index contributed by atoms with van der Waals surface area (Å²) >= 11 is 0. The Hall–Kier alpha value is -2.17. The molecule has 1 N–H and O–H groups in total. The SMILES string of the molecule is CCCCCCCCCCCCC1CC(=O)N(c2cccc(C(=O)O)c2)C1=O. The molecule has 0 spiro atoms. The topological polar surface area (TPSA) is 74.7 Å². The average molecular weight is 388 g/mol. The summed E-state index contributed by atoms with van der Waals surface area (Å²) in [6.07, 6.45) is 13.4. The molecule has 1 saturated heterocycles. The van der Waals surface area contributed by atoms with Crippen LogP contribution in [0.1, 0.15) is 94.3 Å². The van der Waals surface area contributed by atoms with Crippen LogP contribution in [0, 0.1) is 5.92 Å². The minimum absolute atomic E-state index is 0.0799. The van der Waals surface area contributed by atoms with Gasteiger partial charge in [0, 0.05) is 12.3 Å². The predicted molar refractivity (Wildman–Crippen MR) is 110 cm³/mol. The molecule has 2 rings (SSSR count). The van der Waals surface area contributed by atoms with Crippen molar-refractivity contribution in [3.05, 3.63) is 29.8 Å². The predicted octanol–water partition coefficient (Wildman–Crippen LogP) is 5.58. The van der Waals surface area contributed by atoms with Gasteiger partial charge in [-0.25, -0.2) is 4.79 Å². The Kier molecular flexibility index (Phi) is 9.18. The van der Waals surface area contributed by atoms with E-state index in [2.05, 4.69) is 6.92 Å². The van der Waals surface area contributed by atoms with Crippen LogP contribution in [0.15, 0.2) is 24.3 Å². The molecule has 1 aromatic rings. The minimum atomic E-state index is -1.07. The zero-order valence-electron chi connectivity index (χ0n) is 17.0. The lowest BCUT2D eigenvalue weighted by atomic mass is 9.98. The zero-order valence-corrected chi connectivity index (χ0v) is 17.0. The van der Waals surface area contributed by atoms with Crippen molar-refractivity contribution in [3.63, 3.8) is 0 Å². The van der Waals surface area contributed by atoms with Crippen molar-refractivity contribution in [1.82, 2.24) is 0 Å². The molecule has 5 heteroatoms. The van der Waals surface area contributed by atoms with Gasteiger partial charge < -0.3 is 5.11 Å². The number of carboxylic acid groups (broad SMARTS) is 1. The van der Waals surface area contributed by atoms with Gasteiger partial charge in [0.1, 0.15) is 0 Å². The van der Waals surface area contributed by atoms with Crippen molar-refractivity contribution in [2.45, 2.75) is 84.0 Å². The summed E-state index contributed by atoms with van der Waals surface area (Å²) in [4.78, 5) is 37.2. The quantitative estimate of drug-likeness (QED) is 0.354. The summed E-state index contributed by atoms with van der Waals surface area (Å²) in [5.74, 6) is -1.76. The van der Waals surface area contributed by atoms with E-state index in [-0.39, 0.29) is 29.7 Å². The van der Waals surface area contributed by atoms with E-state index in [1.807, 2.05) is 0 Å². The Morgan fingerprint density at radius 3 is 2.21 bits per heavy atom. The Balaban J connectivity index is 1.71. The molecule has 1 aliphatic heterocycles. The van der Waals surface area contributed by atoms with Crippen LogP contribution < -0.4 is 4.90 Å². The number of hydrogen-bond donors (Lipinski definition) is 1.